The van der Waals surface area contributed by atoms with Gasteiger partial charge in [0.25, 0.3) is 0 Å². The maximum atomic E-state index is 13.1. The van der Waals surface area contributed by atoms with Gasteiger partial charge in [-0.05, 0) is 63.0 Å². The molecule has 0 N–H and O–H groups in total. The third kappa shape index (κ3) is 4.50. The van der Waals surface area contributed by atoms with Crippen LogP contribution < -0.4 is 5.30 Å². The van der Waals surface area contributed by atoms with E-state index in [1.165, 1.54) is 21.7 Å². The molecular formula is C28H29O2P. The zero-order valence-electron chi connectivity index (χ0n) is 18.4. The lowest BCUT2D eigenvalue weighted by molar-refractivity contribution is -0.148. The lowest BCUT2D eigenvalue weighted by atomic mass is 9.72. The fraction of sp³-hybridized carbons (Fsp3) is 0.250. The summed E-state index contributed by atoms with van der Waals surface area (Å²) in [4.78, 5) is 13.1. The molecule has 1 atom stereocenters. The van der Waals surface area contributed by atoms with Gasteiger partial charge in [0.15, 0.2) is 0 Å². The highest BCUT2D eigenvalue weighted by atomic mass is 31.1. The van der Waals surface area contributed by atoms with Crippen molar-refractivity contribution in [3.05, 3.63) is 114 Å². The molecule has 3 aromatic rings. The van der Waals surface area contributed by atoms with Crippen LogP contribution in [0.4, 0.5) is 0 Å². The van der Waals surface area contributed by atoms with Crippen LogP contribution in [0, 0.1) is 0 Å². The second kappa shape index (κ2) is 8.81. The number of esters is 1. The van der Waals surface area contributed by atoms with Crippen molar-refractivity contribution < 1.29 is 9.53 Å². The molecule has 1 saturated heterocycles. The minimum Gasteiger partial charge on any atom is -0.457 e. The smallest absolute Gasteiger partial charge is 0.331 e. The van der Waals surface area contributed by atoms with Crippen molar-refractivity contribution in [3.8, 4) is 0 Å². The zero-order valence-corrected chi connectivity index (χ0v) is 19.3. The van der Waals surface area contributed by atoms with E-state index in [0.717, 1.165) is 12.6 Å². The van der Waals surface area contributed by atoms with Crippen LogP contribution in [-0.4, -0.2) is 17.7 Å². The van der Waals surface area contributed by atoms with Gasteiger partial charge < -0.3 is 4.74 Å². The summed E-state index contributed by atoms with van der Waals surface area (Å²) in [5.74, 6) is -0.260. The van der Waals surface area contributed by atoms with Gasteiger partial charge in [-0.2, -0.15) is 0 Å². The van der Waals surface area contributed by atoms with E-state index < -0.39 is 13.5 Å². The van der Waals surface area contributed by atoms with Gasteiger partial charge >= 0.3 is 5.97 Å². The zero-order chi connectivity index (χ0) is 21.9. The minimum atomic E-state index is -0.653. The van der Waals surface area contributed by atoms with E-state index in [9.17, 15) is 4.79 Å². The van der Waals surface area contributed by atoms with Gasteiger partial charge in [0.2, 0.25) is 0 Å². The number of ether oxygens (including phenoxy) is 1. The Morgan fingerprint density at radius 3 is 1.81 bits per heavy atom. The molecule has 158 valence electrons. The molecule has 0 saturated carbocycles. The SMILES string of the molecule is CC(C)(C)OC(=O)/C=C1/P(c2ccccc2)CCC1(c1ccccc1)c1ccccc1. The molecule has 0 aromatic heterocycles. The van der Waals surface area contributed by atoms with Crippen molar-refractivity contribution in [3.63, 3.8) is 0 Å². The lowest BCUT2D eigenvalue weighted by Crippen LogP contribution is -2.28. The van der Waals surface area contributed by atoms with Crippen molar-refractivity contribution in [1.29, 1.82) is 0 Å². The lowest BCUT2D eigenvalue weighted by Gasteiger charge is -2.34. The normalized spacial score (nSPS) is 19.3. The first-order valence-electron chi connectivity index (χ1n) is 10.8. The Balaban J connectivity index is 1.93. The molecule has 3 heteroatoms. The second-order valence-corrected chi connectivity index (χ2v) is 11.2. The fourth-order valence-electron chi connectivity index (χ4n) is 4.47. The van der Waals surface area contributed by atoms with Gasteiger partial charge in [0, 0.05) is 11.5 Å². The van der Waals surface area contributed by atoms with E-state index >= 15 is 0 Å². The molecule has 1 fully saturated rings. The number of hydrogen-bond donors (Lipinski definition) is 0. The highest BCUT2D eigenvalue weighted by Gasteiger charge is 2.47. The van der Waals surface area contributed by atoms with Crippen LogP contribution in [0.3, 0.4) is 0 Å². The molecule has 1 heterocycles. The largest absolute Gasteiger partial charge is 0.457 e. The fourth-order valence-corrected chi connectivity index (χ4v) is 7.44. The van der Waals surface area contributed by atoms with Crippen molar-refractivity contribution in [2.24, 2.45) is 0 Å². The molecule has 1 unspecified atom stereocenters. The van der Waals surface area contributed by atoms with E-state index in [1.54, 1.807) is 6.08 Å². The first-order chi connectivity index (χ1) is 14.9. The number of carbonyl (C=O) groups excluding carboxylic acids is 1. The molecule has 0 amide bonds. The monoisotopic (exact) mass is 428 g/mol. The van der Waals surface area contributed by atoms with E-state index in [0.29, 0.717) is 0 Å². The van der Waals surface area contributed by atoms with Gasteiger partial charge in [-0.3, -0.25) is 0 Å². The average molecular weight is 429 g/mol. The molecule has 0 aliphatic carbocycles. The molecule has 3 aromatic carbocycles. The summed E-state index contributed by atoms with van der Waals surface area (Å²) in [6.07, 6.45) is 3.81. The Kier molecular flexibility index (Phi) is 6.12. The first-order valence-corrected chi connectivity index (χ1v) is 12.3. The van der Waals surface area contributed by atoms with Crippen LogP contribution in [0.1, 0.15) is 38.3 Å². The number of hydrogen-bond acceptors (Lipinski definition) is 2. The standard InChI is InChI=1S/C28H29O2P/c1-27(2,3)30-26(29)21-25-28(22-13-7-4-8-14-22,23-15-9-5-10-16-23)19-20-31(25)24-17-11-6-12-18-24/h4-18,21H,19-20H2,1-3H3/b25-21+. The Morgan fingerprint density at radius 1 is 0.839 bits per heavy atom. The van der Waals surface area contributed by atoms with Crippen molar-refractivity contribution in [2.45, 2.75) is 38.2 Å². The Hall–Kier alpha value is -2.70. The summed E-state index contributed by atoms with van der Waals surface area (Å²) >= 11 is 0. The third-order valence-corrected chi connectivity index (χ3v) is 8.39. The topological polar surface area (TPSA) is 26.3 Å². The molecule has 0 bridgehead atoms. The van der Waals surface area contributed by atoms with E-state index in [2.05, 4.69) is 84.9 Å². The van der Waals surface area contributed by atoms with Crippen molar-refractivity contribution in [1.82, 2.24) is 0 Å². The molecule has 0 radical (unpaired) electrons. The second-order valence-electron chi connectivity index (χ2n) is 8.94. The molecule has 1 aliphatic heterocycles. The van der Waals surface area contributed by atoms with E-state index in [4.69, 9.17) is 4.74 Å². The van der Waals surface area contributed by atoms with Gasteiger partial charge in [-0.15, -0.1) is 0 Å². The summed E-state index contributed by atoms with van der Waals surface area (Å²) in [5.41, 5.74) is 1.61. The van der Waals surface area contributed by atoms with Gasteiger partial charge in [0.05, 0.1) is 0 Å². The van der Waals surface area contributed by atoms with E-state index in [-0.39, 0.29) is 11.4 Å². The van der Waals surface area contributed by atoms with Crippen LogP contribution in [-0.2, 0) is 14.9 Å². The molecule has 1 aliphatic rings. The van der Waals surface area contributed by atoms with Crippen LogP contribution in [0.25, 0.3) is 0 Å². The third-order valence-electron chi connectivity index (χ3n) is 5.70. The summed E-state index contributed by atoms with van der Waals surface area (Å²) in [7, 11) is -0.653. The number of rotatable bonds is 4. The summed E-state index contributed by atoms with van der Waals surface area (Å²) < 4.78 is 5.74. The van der Waals surface area contributed by atoms with Crippen LogP contribution >= 0.6 is 7.92 Å². The highest BCUT2D eigenvalue weighted by molar-refractivity contribution is 7.70. The summed E-state index contributed by atoms with van der Waals surface area (Å²) in [6.45, 7) is 5.75. The Bertz CT molecular complexity index is 1010. The number of allylic oxidation sites excluding steroid dienone is 1. The minimum absolute atomic E-state index is 0.260. The van der Waals surface area contributed by atoms with Gasteiger partial charge in [0.1, 0.15) is 5.60 Å². The molecule has 2 nitrogen and oxygen atoms in total. The van der Waals surface area contributed by atoms with Crippen molar-refractivity contribution in [2.75, 3.05) is 6.16 Å². The average Bonchev–Trinajstić information content (AvgIpc) is 3.14. The predicted molar refractivity (Wildman–Crippen MR) is 130 cm³/mol. The Labute approximate surface area is 186 Å². The van der Waals surface area contributed by atoms with Gasteiger partial charge in [-0.25, -0.2) is 4.79 Å². The van der Waals surface area contributed by atoms with Crippen LogP contribution in [0.5, 0.6) is 0 Å². The first kappa shape index (κ1) is 21.5. The quantitative estimate of drug-likeness (QED) is 0.273. The molecule has 4 rings (SSSR count). The maximum Gasteiger partial charge on any atom is 0.331 e. The predicted octanol–water partition coefficient (Wildman–Crippen LogP) is 6.41. The molecule has 0 spiro atoms. The maximum absolute atomic E-state index is 13.1. The summed E-state index contributed by atoms with van der Waals surface area (Å²) in [5, 5.41) is 2.49. The molecular weight excluding hydrogens is 399 g/mol. The van der Waals surface area contributed by atoms with E-state index in [1.807, 2.05) is 26.8 Å². The number of benzene rings is 3. The van der Waals surface area contributed by atoms with Crippen LogP contribution in [0.15, 0.2) is 102 Å². The van der Waals surface area contributed by atoms with Gasteiger partial charge in [-0.1, -0.05) is 91.0 Å². The molecule has 31 heavy (non-hydrogen) atoms. The summed E-state index contributed by atoms with van der Waals surface area (Å²) in [6, 6.07) is 31.9. The van der Waals surface area contributed by atoms with Crippen molar-refractivity contribution >= 4 is 19.2 Å². The number of carbonyl (C=O) groups is 1. The Morgan fingerprint density at radius 2 is 1.32 bits per heavy atom. The highest BCUT2D eigenvalue weighted by Crippen LogP contribution is 2.64. The van der Waals surface area contributed by atoms with Crippen LogP contribution in [0.2, 0.25) is 0 Å².